The van der Waals surface area contributed by atoms with Crippen LogP contribution < -0.4 is 5.32 Å². The van der Waals surface area contributed by atoms with Crippen molar-refractivity contribution in [2.24, 2.45) is 11.3 Å². The van der Waals surface area contributed by atoms with Crippen LogP contribution in [0, 0.1) is 11.3 Å². The summed E-state index contributed by atoms with van der Waals surface area (Å²) >= 11 is 0. The lowest BCUT2D eigenvalue weighted by molar-refractivity contribution is -0.131. The Morgan fingerprint density at radius 2 is 2.05 bits per heavy atom. The van der Waals surface area contributed by atoms with Crippen molar-refractivity contribution in [2.75, 3.05) is 6.54 Å². The van der Waals surface area contributed by atoms with E-state index in [1.54, 1.807) is 0 Å². The van der Waals surface area contributed by atoms with Gasteiger partial charge in [-0.1, -0.05) is 40.5 Å². The van der Waals surface area contributed by atoms with Crippen LogP contribution in [0.3, 0.4) is 0 Å². The SMILES string of the molecule is CCCC1(CN2C(=O)C(C(C)CC)NC2CC)CC1. The second kappa shape index (κ2) is 5.82. The van der Waals surface area contributed by atoms with Crippen molar-refractivity contribution in [1.82, 2.24) is 10.2 Å². The normalized spacial score (nSPS) is 30.7. The number of nitrogens with zero attached hydrogens (tertiary/aromatic N) is 1. The molecule has 3 heteroatoms. The summed E-state index contributed by atoms with van der Waals surface area (Å²) in [6.07, 6.45) is 7.49. The molecule has 3 nitrogen and oxygen atoms in total. The molecule has 0 bridgehead atoms. The number of rotatable bonds is 7. The van der Waals surface area contributed by atoms with Gasteiger partial charge in [0.25, 0.3) is 0 Å². The summed E-state index contributed by atoms with van der Waals surface area (Å²) in [5, 5.41) is 3.56. The molecule has 3 unspecified atom stereocenters. The van der Waals surface area contributed by atoms with Crippen LogP contribution in [0.4, 0.5) is 0 Å². The van der Waals surface area contributed by atoms with E-state index in [1.807, 2.05) is 0 Å². The second-order valence-corrected chi connectivity index (χ2v) is 6.67. The maximum Gasteiger partial charge on any atom is 0.241 e. The standard InChI is InChI=1S/C16H30N2O/c1-5-8-16(9-10-16)11-18-13(7-3)17-14(15(18)19)12(4)6-2/h12-14,17H,5-11H2,1-4H3. The smallest absolute Gasteiger partial charge is 0.241 e. The van der Waals surface area contributed by atoms with Crippen molar-refractivity contribution < 1.29 is 4.79 Å². The predicted molar refractivity (Wildman–Crippen MR) is 78.7 cm³/mol. The van der Waals surface area contributed by atoms with Crippen molar-refractivity contribution in [1.29, 1.82) is 0 Å². The van der Waals surface area contributed by atoms with Gasteiger partial charge in [0.1, 0.15) is 0 Å². The summed E-state index contributed by atoms with van der Waals surface area (Å²) < 4.78 is 0. The Hall–Kier alpha value is -0.570. The van der Waals surface area contributed by atoms with Gasteiger partial charge in [0.05, 0.1) is 12.2 Å². The van der Waals surface area contributed by atoms with Gasteiger partial charge in [0, 0.05) is 6.54 Å². The topological polar surface area (TPSA) is 32.3 Å². The Morgan fingerprint density at radius 1 is 1.37 bits per heavy atom. The zero-order valence-electron chi connectivity index (χ0n) is 13.0. The number of nitrogens with one attached hydrogen (secondary N) is 1. The molecule has 0 aromatic carbocycles. The summed E-state index contributed by atoms with van der Waals surface area (Å²) in [5.74, 6) is 0.788. The minimum Gasteiger partial charge on any atom is -0.325 e. The second-order valence-electron chi connectivity index (χ2n) is 6.67. The first-order valence-electron chi connectivity index (χ1n) is 8.13. The van der Waals surface area contributed by atoms with Crippen LogP contribution in [0.1, 0.15) is 66.2 Å². The average molecular weight is 266 g/mol. The van der Waals surface area contributed by atoms with Crippen LogP contribution >= 0.6 is 0 Å². The van der Waals surface area contributed by atoms with Gasteiger partial charge in [-0.2, -0.15) is 0 Å². The highest BCUT2D eigenvalue weighted by atomic mass is 16.2. The first kappa shape index (κ1) is 14.8. The molecule has 1 saturated carbocycles. The summed E-state index contributed by atoms with van der Waals surface area (Å²) in [5.41, 5.74) is 0.462. The first-order valence-corrected chi connectivity index (χ1v) is 8.13. The first-order chi connectivity index (χ1) is 9.06. The lowest BCUT2D eigenvalue weighted by Crippen LogP contribution is -2.40. The molecule has 1 saturated heterocycles. The van der Waals surface area contributed by atoms with E-state index in [9.17, 15) is 4.79 Å². The summed E-state index contributed by atoms with van der Waals surface area (Å²) in [4.78, 5) is 14.8. The fourth-order valence-corrected chi connectivity index (χ4v) is 3.43. The van der Waals surface area contributed by atoms with Crippen LogP contribution in [0.2, 0.25) is 0 Å². The number of amides is 1. The molecule has 3 atom stereocenters. The quantitative estimate of drug-likeness (QED) is 0.767. The van der Waals surface area contributed by atoms with Gasteiger partial charge >= 0.3 is 0 Å². The van der Waals surface area contributed by atoms with E-state index in [-0.39, 0.29) is 12.2 Å². The van der Waals surface area contributed by atoms with Crippen LogP contribution in [-0.2, 0) is 4.79 Å². The number of carbonyl (C=O) groups excluding carboxylic acids is 1. The molecule has 1 aliphatic heterocycles. The van der Waals surface area contributed by atoms with Crippen LogP contribution in [0.5, 0.6) is 0 Å². The monoisotopic (exact) mass is 266 g/mol. The molecule has 1 N–H and O–H groups in total. The van der Waals surface area contributed by atoms with Crippen molar-refractivity contribution in [2.45, 2.75) is 78.4 Å². The Morgan fingerprint density at radius 3 is 2.53 bits per heavy atom. The van der Waals surface area contributed by atoms with Gasteiger partial charge in [-0.3, -0.25) is 10.1 Å². The van der Waals surface area contributed by atoms with Gasteiger partial charge in [0.15, 0.2) is 0 Å². The molecular weight excluding hydrogens is 236 g/mol. The minimum atomic E-state index is 0.0485. The van der Waals surface area contributed by atoms with E-state index >= 15 is 0 Å². The maximum absolute atomic E-state index is 12.6. The highest BCUT2D eigenvalue weighted by Gasteiger charge is 2.48. The molecule has 2 fully saturated rings. The predicted octanol–water partition coefficient (Wildman–Crippen LogP) is 3.15. The zero-order valence-corrected chi connectivity index (χ0v) is 13.0. The summed E-state index contributed by atoms with van der Waals surface area (Å²) in [7, 11) is 0. The van der Waals surface area contributed by atoms with Gasteiger partial charge in [-0.15, -0.1) is 0 Å². The van der Waals surface area contributed by atoms with E-state index in [0.717, 1.165) is 19.4 Å². The zero-order chi connectivity index (χ0) is 14.0. The van der Waals surface area contributed by atoms with Crippen molar-refractivity contribution in [3.8, 4) is 0 Å². The van der Waals surface area contributed by atoms with E-state index in [2.05, 4.69) is 37.9 Å². The van der Waals surface area contributed by atoms with E-state index in [0.29, 0.717) is 17.2 Å². The van der Waals surface area contributed by atoms with Crippen LogP contribution in [0.15, 0.2) is 0 Å². The Labute approximate surface area is 118 Å². The molecule has 2 rings (SSSR count). The highest BCUT2D eigenvalue weighted by Crippen LogP contribution is 2.50. The molecule has 1 aliphatic carbocycles. The maximum atomic E-state index is 12.6. The molecule has 19 heavy (non-hydrogen) atoms. The largest absolute Gasteiger partial charge is 0.325 e. The Balaban J connectivity index is 2.04. The summed E-state index contributed by atoms with van der Waals surface area (Å²) in [6, 6.07) is 0.0485. The van der Waals surface area contributed by atoms with Crippen molar-refractivity contribution >= 4 is 5.91 Å². The Kier molecular flexibility index (Phi) is 4.54. The fraction of sp³-hybridized carbons (Fsp3) is 0.938. The third kappa shape index (κ3) is 2.96. The van der Waals surface area contributed by atoms with E-state index < -0.39 is 0 Å². The lowest BCUT2D eigenvalue weighted by atomic mass is 9.97. The summed E-state index contributed by atoms with van der Waals surface area (Å²) in [6.45, 7) is 9.77. The molecule has 110 valence electrons. The third-order valence-corrected chi connectivity index (χ3v) is 5.14. The van der Waals surface area contributed by atoms with Gasteiger partial charge < -0.3 is 4.90 Å². The van der Waals surface area contributed by atoms with E-state index in [1.165, 1.54) is 25.7 Å². The molecule has 0 radical (unpaired) electrons. The van der Waals surface area contributed by atoms with Gasteiger partial charge in [-0.25, -0.2) is 0 Å². The Bertz CT molecular complexity index is 325. The number of carbonyl (C=O) groups is 1. The molecular formula is C16H30N2O. The van der Waals surface area contributed by atoms with Crippen LogP contribution in [0.25, 0.3) is 0 Å². The number of hydrogen-bond acceptors (Lipinski definition) is 2. The molecule has 2 aliphatic rings. The average Bonchev–Trinajstić information content (AvgIpc) is 3.09. The molecule has 1 heterocycles. The molecule has 1 amide bonds. The van der Waals surface area contributed by atoms with Crippen molar-refractivity contribution in [3.63, 3.8) is 0 Å². The number of hydrogen-bond donors (Lipinski definition) is 1. The molecule has 0 aromatic heterocycles. The van der Waals surface area contributed by atoms with Gasteiger partial charge in [-0.05, 0) is 37.0 Å². The van der Waals surface area contributed by atoms with Crippen molar-refractivity contribution in [3.05, 3.63) is 0 Å². The minimum absolute atomic E-state index is 0.0485. The lowest BCUT2D eigenvalue weighted by Gasteiger charge is -2.28. The van der Waals surface area contributed by atoms with Gasteiger partial charge in [0.2, 0.25) is 5.91 Å². The molecule has 0 aromatic rings. The highest BCUT2D eigenvalue weighted by molar-refractivity contribution is 5.84. The van der Waals surface area contributed by atoms with E-state index in [4.69, 9.17) is 0 Å². The van der Waals surface area contributed by atoms with Crippen LogP contribution in [-0.4, -0.2) is 29.6 Å². The molecule has 0 spiro atoms. The fourth-order valence-electron chi connectivity index (χ4n) is 3.43. The third-order valence-electron chi connectivity index (χ3n) is 5.14.